The van der Waals surface area contributed by atoms with Gasteiger partial charge in [0.25, 0.3) is 6.01 Å². The molecule has 2 saturated heterocycles. The fourth-order valence-electron chi connectivity index (χ4n) is 4.46. The number of aromatic nitrogens is 2. The molecule has 0 unspecified atom stereocenters. The molecule has 2 aliphatic heterocycles. The lowest BCUT2D eigenvalue weighted by Crippen LogP contribution is -2.35. The van der Waals surface area contributed by atoms with E-state index in [0.29, 0.717) is 12.1 Å². The highest BCUT2D eigenvalue weighted by Crippen LogP contribution is 2.40. The second-order valence-electron chi connectivity index (χ2n) is 7.21. The van der Waals surface area contributed by atoms with Crippen molar-refractivity contribution in [3.63, 3.8) is 0 Å². The SMILES string of the molecule is c1ccc2[nH]c(Oc3ccc([C@H]4CC[C@H]5CCCCN54)cc3)nc2c1. The van der Waals surface area contributed by atoms with Crippen molar-refractivity contribution < 1.29 is 4.74 Å². The third kappa shape index (κ3) is 2.81. The van der Waals surface area contributed by atoms with Gasteiger partial charge in [-0.2, -0.15) is 4.98 Å². The van der Waals surface area contributed by atoms with Crippen molar-refractivity contribution in [2.75, 3.05) is 6.54 Å². The largest absolute Gasteiger partial charge is 0.426 e. The number of para-hydroxylation sites is 2. The number of piperidine rings is 1. The topological polar surface area (TPSA) is 41.1 Å². The summed E-state index contributed by atoms with van der Waals surface area (Å²) in [7, 11) is 0. The number of nitrogens with one attached hydrogen (secondary N) is 1. The number of nitrogens with zero attached hydrogens (tertiary/aromatic N) is 2. The van der Waals surface area contributed by atoms with E-state index in [9.17, 15) is 0 Å². The molecule has 0 bridgehead atoms. The van der Waals surface area contributed by atoms with Crippen LogP contribution in [0.4, 0.5) is 0 Å². The van der Waals surface area contributed by atoms with Crippen LogP contribution in [-0.2, 0) is 0 Å². The minimum absolute atomic E-state index is 0.547. The summed E-state index contributed by atoms with van der Waals surface area (Å²) in [5, 5.41) is 0. The first-order chi connectivity index (χ1) is 12.4. The Morgan fingerprint density at radius 1 is 0.960 bits per heavy atom. The lowest BCUT2D eigenvalue weighted by molar-refractivity contribution is 0.150. The number of hydrogen-bond donors (Lipinski definition) is 1. The van der Waals surface area contributed by atoms with Gasteiger partial charge < -0.3 is 9.72 Å². The van der Waals surface area contributed by atoms with Crippen LogP contribution in [0.5, 0.6) is 11.8 Å². The van der Waals surface area contributed by atoms with Gasteiger partial charge in [-0.3, -0.25) is 4.90 Å². The van der Waals surface area contributed by atoms with Gasteiger partial charge in [0.05, 0.1) is 11.0 Å². The molecule has 25 heavy (non-hydrogen) atoms. The molecule has 3 aromatic rings. The monoisotopic (exact) mass is 333 g/mol. The van der Waals surface area contributed by atoms with Crippen LogP contribution in [-0.4, -0.2) is 27.5 Å². The molecule has 1 N–H and O–H groups in total. The van der Waals surface area contributed by atoms with E-state index < -0.39 is 0 Å². The zero-order valence-corrected chi connectivity index (χ0v) is 14.3. The lowest BCUT2D eigenvalue weighted by Gasteiger charge is -2.34. The second-order valence-corrected chi connectivity index (χ2v) is 7.21. The predicted molar refractivity (Wildman–Crippen MR) is 98.9 cm³/mol. The first kappa shape index (κ1) is 15.0. The standard InChI is InChI=1S/C21H23N3O/c1-2-7-19-18(6-1)22-21(23-19)25-17-11-8-15(9-12-17)20-13-10-16-5-3-4-14-24(16)20/h1-2,6-9,11-12,16,20H,3-5,10,13-14H2,(H,22,23)/t16-,20-/m1/s1. The van der Waals surface area contributed by atoms with Crippen LogP contribution in [0.1, 0.15) is 43.7 Å². The molecular weight excluding hydrogens is 310 g/mol. The summed E-state index contributed by atoms with van der Waals surface area (Å²) in [5.41, 5.74) is 3.34. The predicted octanol–water partition coefficient (Wildman–Crippen LogP) is 5.04. The van der Waals surface area contributed by atoms with E-state index in [-0.39, 0.29) is 0 Å². The van der Waals surface area contributed by atoms with Gasteiger partial charge in [0.15, 0.2) is 0 Å². The van der Waals surface area contributed by atoms with Crippen LogP contribution in [0.25, 0.3) is 11.0 Å². The Morgan fingerprint density at radius 2 is 1.84 bits per heavy atom. The molecule has 5 rings (SSSR count). The second kappa shape index (κ2) is 6.19. The minimum atomic E-state index is 0.547. The van der Waals surface area contributed by atoms with Gasteiger partial charge in [0, 0.05) is 12.1 Å². The fourth-order valence-corrected chi connectivity index (χ4v) is 4.46. The number of ether oxygens (including phenoxy) is 1. The molecule has 3 heterocycles. The fraction of sp³-hybridized carbons (Fsp3) is 0.381. The molecular formula is C21H23N3O. The normalized spacial score (nSPS) is 23.7. The number of rotatable bonds is 3. The maximum absolute atomic E-state index is 5.91. The highest BCUT2D eigenvalue weighted by Gasteiger charge is 2.35. The lowest BCUT2D eigenvalue weighted by atomic mass is 10.0. The van der Waals surface area contributed by atoms with Crippen molar-refractivity contribution in [1.29, 1.82) is 0 Å². The average molecular weight is 333 g/mol. The Hall–Kier alpha value is -2.33. The van der Waals surface area contributed by atoms with Crippen molar-refractivity contribution >= 4 is 11.0 Å². The molecule has 0 saturated carbocycles. The first-order valence-corrected chi connectivity index (χ1v) is 9.35. The molecule has 1 aromatic heterocycles. The summed E-state index contributed by atoms with van der Waals surface area (Å²) in [6.07, 6.45) is 6.76. The number of imidazole rings is 1. The summed E-state index contributed by atoms with van der Waals surface area (Å²) < 4.78 is 5.91. The Bertz CT molecular complexity index is 837. The van der Waals surface area contributed by atoms with Crippen molar-refractivity contribution in [2.45, 2.75) is 44.2 Å². The zero-order valence-electron chi connectivity index (χ0n) is 14.3. The van der Waals surface area contributed by atoms with Gasteiger partial charge in [-0.1, -0.05) is 30.7 Å². The summed E-state index contributed by atoms with van der Waals surface area (Å²) in [6, 6.07) is 18.5. The Balaban J connectivity index is 1.33. The van der Waals surface area contributed by atoms with Crippen LogP contribution < -0.4 is 4.74 Å². The Morgan fingerprint density at radius 3 is 2.72 bits per heavy atom. The molecule has 0 amide bonds. The smallest absolute Gasteiger partial charge is 0.300 e. The van der Waals surface area contributed by atoms with Gasteiger partial charge in [-0.15, -0.1) is 0 Å². The molecule has 4 nitrogen and oxygen atoms in total. The summed E-state index contributed by atoms with van der Waals surface area (Å²) in [4.78, 5) is 10.4. The molecule has 2 fully saturated rings. The molecule has 0 spiro atoms. The highest BCUT2D eigenvalue weighted by molar-refractivity contribution is 5.75. The van der Waals surface area contributed by atoms with E-state index in [1.165, 1.54) is 44.2 Å². The molecule has 0 radical (unpaired) electrons. The number of benzene rings is 2. The summed E-state index contributed by atoms with van der Waals surface area (Å²) in [5.74, 6) is 0.830. The number of H-pyrrole nitrogens is 1. The minimum Gasteiger partial charge on any atom is -0.426 e. The van der Waals surface area contributed by atoms with E-state index in [4.69, 9.17) is 4.74 Å². The molecule has 2 aliphatic rings. The molecule has 128 valence electrons. The van der Waals surface area contributed by atoms with E-state index in [0.717, 1.165) is 22.8 Å². The quantitative estimate of drug-likeness (QED) is 0.729. The van der Waals surface area contributed by atoms with Gasteiger partial charge in [-0.25, -0.2) is 0 Å². The zero-order chi connectivity index (χ0) is 16.6. The molecule has 0 aliphatic carbocycles. The number of aromatic amines is 1. The van der Waals surface area contributed by atoms with Gasteiger partial charge in [0.2, 0.25) is 0 Å². The van der Waals surface area contributed by atoms with Crippen LogP contribution in [0.3, 0.4) is 0 Å². The van der Waals surface area contributed by atoms with Crippen LogP contribution in [0.2, 0.25) is 0 Å². The van der Waals surface area contributed by atoms with Crippen molar-refractivity contribution in [3.8, 4) is 11.8 Å². The Labute approximate surface area is 147 Å². The van der Waals surface area contributed by atoms with E-state index in [1.807, 2.05) is 24.3 Å². The maximum atomic E-state index is 5.91. The highest BCUT2D eigenvalue weighted by atomic mass is 16.5. The number of hydrogen-bond acceptors (Lipinski definition) is 3. The molecule has 2 aromatic carbocycles. The van der Waals surface area contributed by atoms with Crippen molar-refractivity contribution in [1.82, 2.24) is 14.9 Å². The van der Waals surface area contributed by atoms with Gasteiger partial charge in [0.1, 0.15) is 5.75 Å². The van der Waals surface area contributed by atoms with Crippen molar-refractivity contribution in [3.05, 3.63) is 54.1 Å². The molecule has 4 heteroatoms. The van der Waals surface area contributed by atoms with Gasteiger partial charge >= 0.3 is 0 Å². The average Bonchev–Trinajstić information content (AvgIpc) is 3.26. The Kier molecular flexibility index (Phi) is 3.71. The van der Waals surface area contributed by atoms with Crippen molar-refractivity contribution in [2.24, 2.45) is 0 Å². The van der Waals surface area contributed by atoms with Crippen LogP contribution >= 0.6 is 0 Å². The third-order valence-corrected chi connectivity index (χ3v) is 5.69. The van der Waals surface area contributed by atoms with Gasteiger partial charge in [-0.05, 0) is 62.1 Å². The van der Waals surface area contributed by atoms with E-state index >= 15 is 0 Å². The van der Waals surface area contributed by atoms with Crippen LogP contribution in [0, 0.1) is 0 Å². The van der Waals surface area contributed by atoms with E-state index in [1.54, 1.807) is 0 Å². The summed E-state index contributed by atoms with van der Waals surface area (Å²) in [6.45, 7) is 1.26. The number of fused-ring (bicyclic) bond motifs is 2. The van der Waals surface area contributed by atoms with E-state index in [2.05, 4.69) is 39.1 Å². The summed E-state index contributed by atoms with van der Waals surface area (Å²) >= 11 is 0. The molecule has 2 atom stereocenters. The maximum Gasteiger partial charge on any atom is 0.300 e. The third-order valence-electron chi connectivity index (χ3n) is 5.69. The first-order valence-electron chi connectivity index (χ1n) is 9.35. The van der Waals surface area contributed by atoms with Crippen LogP contribution in [0.15, 0.2) is 48.5 Å².